The van der Waals surface area contributed by atoms with Gasteiger partial charge in [-0.1, -0.05) is 13.8 Å². The molecule has 2 atom stereocenters. The highest BCUT2D eigenvalue weighted by molar-refractivity contribution is 6.57. The summed E-state index contributed by atoms with van der Waals surface area (Å²) in [6.07, 6.45) is 1.90. The number of rotatable bonds is 2. The van der Waals surface area contributed by atoms with Gasteiger partial charge in [0.2, 0.25) is 7.85 Å². The minimum absolute atomic E-state index is 0.113. The fraction of sp³-hybridized carbons (Fsp3) is 0.900. The highest BCUT2D eigenvalue weighted by Crippen LogP contribution is 2.34. The quantitative estimate of drug-likeness (QED) is 0.629. The molecule has 1 saturated heterocycles. The van der Waals surface area contributed by atoms with Gasteiger partial charge in [-0.25, -0.2) is 0 Å². The lowest BCUT2D eigenvalue weighted by atomic mass is 10.00. The highest BCUT2D eigenvalue weighted by Gasteiger charge is 2.46. The summed E-state index contributed by atoms with van der Waals surface area (Å²) < 4.78 is 5.80. The lowest BCUT2D eigenvalue weighted by Gasteiger charge is -2.33. The zero-order chi connectivity index (χ0) is 10.9. The van der Waals surface area contributed by atoms with Crippen molar-refractivity contribution in [2.24, 2.45) is 0 Å². The van der Waals surface area contributed by atoms with E-state index < -0.39 is 11.5 Å². The number of carbonyl (C=O) groups is 1. The van der Waals surface area contributed by atoms with E-state index in [2.05, 4.69) is 6.92 Å². The first-order valence-electron chi connectivity index (χ1n) is 5.20. The third-order valence-electron chi connectivity index (χ3n) is 2.84. The predicted octanol–water partition coefficient (Wildman–Crippen LogP) is 1.90. The van der Waals surface area contributed by atoms with Crippen LogP contribution in [-0.4, -0.2) is 36.4 Å². The molecule has 0 bridgehead atoms. The van der Waals surface area contributed by atoms with Gasteiger partial charge in [-0.2, -0.15) is 0 Å². The summed E-state index contributed by atoms with van der Waals surface area (Å²) >= 11 is 0. The van der Waals surface area contributed by atoms with Crippen LogP contribution in [0.4, 0.5) is 4.79 Å². The Morgan fingerprint density at radius 2 is 2.00 bits per heavy atom. The Morgan fingerprint density at radius 3 is 2.36 bits per heavy atom. The Bertz CT molecular complexity index is 230. The maximum Gasteiger partial charge on any atom is 0.200 e. The number of hydrogen-bond donors (Lipinski definition) is 0. The molecule has 78 valence electrons. The van der Waals surface area contributed by atoms with Crippen LogP contribution in [0, 0.1) is 0 Å². The molecule has 1 heterocycles. The number of ether oxygens (including phenoxy) is 1. The molecule has 14 heavy (non-hydrogen) atoms. The molecule has 0 aliphatic carbocycles. The largest absolute Gasteiger partial charge is 0.351 e. The molecule has 0 aromatic heterocycles. The molecule has 1 fully saturated rings. The Morgan fingerprint density at radius 1 is 1.43 bits per heavy atom. The van der Waals surface area contributed by atoms with Crippen LogP contribution in [0.15, 0.2) is 0 Å². The molecule has 1 rings (SSSR count). The van der Waals surface area contributed by atoms with E-state index in [0.717, 1.165) is 12.8 Å². The maximum absolute atomic E-state index is 11.3. The molecule has 0 aromatic rings. The molecule has 2 radical (unpaired) electrons. The number of nitrogens with zero attached hydrogens (tertiary/aromatic N) is 1. The van der Waals surface area contributed by atoms with Crippen molar-refractivity contribution < 1.29 is 9.53 Å². The van der Waals surface area contributed by atoms with Gasteiger partial charge in [-0.15, -0.1) is 0 Å². The Kier molecular flexibility index (Phi) is 3.25. The van der Waals surface area contributed by atoms with Gasteiger partial charge in [0.05, 0.1) is 12.1 Å². The minimum atomic E-state index is -0.562. The molecule has 0 saturated carbocycles. The monoisotopic (exact) mass is 195 g/mol. The van der Waals surface area contributed by atoms with Gasteiger partial charge < -0.3 is 9.64 Å². The van der Waals surface area contributed by atoms with E-state index in [1.165, 1.54) is 0 Å². The van der Waals surface area contributed by atoms with E-state index in [1.54, 1.807) is 4.90 Å². The standard InChI is InChI=1S/C10H18BNO2/c1-5-7-8(6-2)14-10(3,4)12(7)9(11)13/h7-8H,5-6H2,1-4H3/t7-,8-/m1/s1. The van der Waals surface area contributed by atoms with Crippen LogP contribution in [0.5, 0.6) is 0 Å². The summed E-state index contributed by atoms with van der Waals surface area (Å²) in [5.41, 5.74) is -0.562. The minimum Gasteiger partial charge on any atom is -0.351 e. The van der Waals surface area contributed by atoms with Crippen molar-refractivity contribution in [3.63, 3.8) is 0 Å². The second-order valence-electron chi connectivity index (χ2n) is 4.20. The van der Waals surface area contributed by atoms with E-state index in [-0.39, 0.29) is 12.1 Å². The van der Waals surface area contributed by atoms with Crippen molar-refractivity contribution in [3.8, 4) is 0 Å². The predicted molar refractivity (Wildman–Crippen MR) is 56.3 cm³/mol. The fourth-order valence-corrected chi connectivity index (χ4v) is 2.30. The van der Waals surface area contributed by atoms with Crippen molar-refractivity contribution in [1.82, 2.24) is 4.90 Å². The fourth-order valence-electron chi connectivity index (χ4n) is 2.30. The average Bonchev–Trinajstić information content (AvgIpc) is 2.35. The van der Waals surface area contributed by atoms with Crippen molar-refractivity contribution in [2.75, 3.05) is 0 Å². The van der Waals surface area contributed by atoms with Gasteiger partial charge >= 0.3 is 0 Å². The van der Waals surface area contributed by atoms with E-state index >= 15 is 0 Å². The third kappa shape index (κ3) is 1.80. The SMILES string of the molecule is [B]C(=O)N1[C@H](CC)[C@@H](CC)OC1(C)C. The van der Waals surface area contributed by atoms with Gasteiger partial charge in [0.15, 0.2) is 5.81 Å². The van der Waals surface area contributed by atoms with E-state index in [4.69, 9.17) is 12.6 Å². The number of carbonyl (C=O) groups excluding carboxylic acids is 1. The molecule has 1 aliphatic rings. The second kappa shape index (κ2) is 3.93. The zero-order valence-electron chi connectivity index (χ0n) is 9.41. The topological polar surface area (TPSA) is 29.5 Å². The van der Waals surface area contributed by atoms with Crippen molar-refractivity contribution >= 4 is 13.7 Å². The van der Waals surface area contributed by atoms with Crippen LogP contribution in [0.1, 0.15) is 40.5 Å². The first-order valence-corrected chi connectivity index (χ1v) is 5.20. The van der Waals surface area contributed by atoms with Crippen LogP contribution in [0.3, 0.4) is 0 Å². The summed E-state index contributed by atoms with van der Waals surface area (Å²) in [4.78, 5) is 13.0. The Labute approximate surface area is 87.2 Å². The summed E-state index contributed by atoms with van der Waals surface area (Å²) in [5, 5.41) is 0. The normalized spacial score (nSPS) is 30.7. The maximum atomic E-state index is 11.3. The summed E-state index contributed by atoms with van der Waals surface area (Å²) in [6.45, 7) is 7.88. The molecule has 0 spiro atoms. The van der Waals surface area contributed by atoms with Gasteiger partial charge in [-0.05, 0) is 26.7 Å². The summed E-state index contributed by atoms with van der Waals surface area (Å²) in [6, 6.07) is 0.118. The van der Waals surface area contributed by atoms with E-state index in [1.807, 2.05) is 20.8 Å². The third-order valence-corrected chi connectivity index (χ3v) is 2.84. The van der Waals surface area contributed by atoms with Crippen LogP contribution < -0.4 is 0 Å². The molecular weight excluding hydrogens is 177 g/mol. The highest BCUT2D eigenvalue weighted by atomic mass is 16.5. The molecule has 0 unspecified atom stereocenters. The van der Waals surface area contributed by atoms with Crippen molar-refractivity contribution in [3.05, 3.63) is 0 Å². The van der Waals surface area contributed by atoms with E-state index in [9.17, 15) is 4.79 Å². The molecule has 3 nitrogen and oxygen atoms in total. The molecule has 1 amide bonds. The van der Waals surface area contributed by atoms with Gasteiger partial charge in [-0.3, -0.25) is 4.79 Å². The van der Waals surface area contributed by atoms with Crippen LogP contribution >= 0.6 is 0 Å². The zero-order valence-corrected chi connectivity index (χ0v) is 9.41. The summed E-state index contributed by atoms with van der Waals surface area (Å²) in [5.74, 6) is -0.391. The van der Waals surface area contributed by atoms with Gasteiger partial charge in [0.25, 0.3) is 0 Å². The van der Waals surface area contributed by atoms with Crippen molar-refractivity contribution in [2.45, 2.75) is 58.4 Å². The molecule has 0 aromatic carbocycles. The molecule has 4 heteroatoms. The Balaban J connectivity index is 2.92. The Hall–Kier alpha value is -0.505. The van der Waals surface area contributed by atoms with Crippen LogP contribution in [0.25, 0.3) is 0 Å². The van der Waals surface area contributed by atoms with E-state index in [0.29, 0.717) is 0 Å². The molecule has 1 aliphatic heterocycles. The van der Waals surface area contributed by atoms with Crippen LogP contribution in [0.2, 0.25) is 0 Å². The summed E-state index contributed by atoms with van der Waals surface area (Å²) in [7, 11) is 5.36. The molecular formula is C10H18BNO2. The lowest BCUT2D eigenvalue weighted by molar-refractivity contribution is -0.0581. The number of amides is 1. The second-order valence-corrected chi connectivity index (χ2v) is 4.20. The first kappa shape index (κ1) is 11.6. The smallest absolute Gasteiger partial charge is 0.200 e. The molecule has 0 N–H and O–H groups in total. The van der Waals surface area contributed by atoms with Crippen molar-refractivity contribution in [1.29, 1.82) is 0 Å². The van der Waals surface area contributed by atoms with Gasteiger partial charge in [0, 0.05) is 0 Å². The van der Waals surface area contributed by atoms with Crippen LogP contribution in [-0.2, 0) is 4.74 Å². The van der Waals surface area contributed by atoms with Gasteiger partial charge in [0.1, 0.15) is 5.72 Å². The number of hydrogen-bond acceptors (Lipinski definition) is 2. The average molecular weight is 195 g/mol. The lowest BCUT2D eigenvalue weighted by Crippen LogP contribution is -2.47. The first-order chi connectivity index (χ1) is 6.44.